The zero-order chi connectivity index (χ0) is 16.2. The van der Waals surface area contributed by atoms with E-state index in [0.717, 1.165) is 0 Å². The molecular formula is C19H16N4P+. The quantitative estimate of drug-likeness (QED) is 0.647. The van der Waals surface area contributed by atoms with Gasteiger partial charge in [0.15, 0.2) is 7.26 Å². The Labute approximate surface area is 141 Å². The van der Waals surface area contributed by atoms with Crippen LogP contribution in [-0.4, -0.2) is 5.91 Å². The van der Waals surface area contributed by atoms with Gasteiger partial charge in [0.05, 0.1) is 0 Å². The largest absolute Gasteiger partial charge is 0.304 e. The smallest absolute Gasteiger partial charge is 0.0969 e. The van der Waals surface area contributed by atoms with Crippen LogP contribution in [0.1, 0.15) is 0 Å². The topological polar surface area (TPSA) is 49.4 Å². The Hall–Kier alpha value is -2.71. The Balaban J connectivity index is 2.07. The van der Waals surface area contributed by atoms with Gasteiger partial charge in [0.1, 0.15) is 15.9 Å². The summed E-state index contributed by atoms with van der Waals surface area (Å²) in [7, 11) is -2.12. The van der Waals surface area contributed by atoms with Crippen LogP contribution in [0, 0.1) is 0 Å². The van der Waals surface area contributed by atoms with Gasteiger partial charge in [0, 0.05) is 0 Å². The molecule has 0 atom stereocenters. The summed E-state index contributed by atoms with van der Waals surface area (Å²) in [5, 5.41) is 20.1. The van der Waals surface area contributed by atoms with Crippen molar-refractivity contribution in [2.75, 3.05) is 0 Å². The van der Waals surface area contributed by atoms with Crippen LogP contribution in [0.4, 0.5) is 0 Å². The average molecular weight is 331 g/mol. The van der Waals surface area contributed by atoms with Gasteiger partial charge in [-0.25, -0.2) is 0 Å². The Kier molecular flexibility index (Phi) is 3.97. The minimum atomic E-state index is -2.12. The summed E-state index contributed by atoms with van der Waals surface area (Å²) in [5.41, 5.74) is 0. The molecule has 0 spiro atoms. The summed E-state index contributed by atoms with van der Waals surface area (Å²) >= 11 is 0. The molecule has 0 N–H and O–H groups in total. The molecule has 0 unspecified atom stereocenters. The van der Waals surface area contributed by atoms with Crippen molar-refractivity contribution in [3.63, 3.8) is 0 Å². The molecule has 116 valence electrons. The van der Waals surface area contributed by atoms with E-state index in [9.17, 15) is 0 Å². The summed E-state index contributed by atoms with van der Waals surface area (Å²) in [6, 6.07) is 31.5. The Bertz CT molecular complexity index is 755. The van der Waals surface area contributed by atoms with E-state index in [0.29, 0.717) is 0 Å². The van der Waals surface area contributed by atoms with Crippen molar-refractivity contribution in [2.45, 2.75) is 5.91 Å². The maximum Gasteiger partial charge on any atom is 0.304 e. The summed E-state index contributed by atoms with van der Waals surface area (Å²) < 4.78 is 0. The summed E-state index contributed by atoms with van der Waals surface area (Å²) in [6.07, 6.45) is 0. The molecule has 0 amide bonds. The zero-order valence-electron chi connectivity index (χ0n) is 13.0. The van der Waals surface area contributed by atoms with Crippen LogP contribution in [0.15, 0.2) is 112 Å². The van der Waals surface area contributed by atoms with Crippen LogP contribution >= 0.6 is 7.26 Å². The lowest BCUT2D eigenvalue weighted by atomic mass is 10.4. The molecule has 0 aliphatic carbocycles. The third-order valence-electron chi connectivity index (χ3n) is 4.19. The predicted octanol–water partition coefficient (Wildman–Crippen LogP) is 4.10. The maximum absolute atomic E-state index is 4.38. The lowest BCUT2D eigenvalue weighted by Gasteiger charge is -2.27. The first-order chi connectivity index (χ1) is 11.9. The fraction of sp³-hybridized carbons (Fsp3) is 0.0526. The van der Waals surface area contributed by atoms with Crippen molar-refractivity contribution in [3.05, 3.63) is 91.0 Å². The number of benzene rings is 3. The first-order valence-electron chi connectivity index (χ1n) is 7.78. The highest BCUT2D eigenvalue weighted by Gasteiger charge is 2.54. The van der Waals surface area contributed by atoms with Gasteiger partial charge in [-0.1, -0.05) is 64.8 Å². The highest BCUT2D eigenvalue weighted by Crippen LogP contribution is 2.61. The third kappa shape index (κ3) is 2.36. The Morgan fingerprint density at radius 1 is 0.500 bits per heavy atom. The molecule has 0 saturated heterocycles. The van der Waals surface area contributed by atoms with Crippen LogP contribution in [0.25, 0.3) is 0 Å². The fourth-order valence-corrected chi connectivity index (χ4v) is 7.18. The third-order valence-corrected chi connectivity index (χ3v) is 8.42. The van der Waals surface area contributed by atoms with Crippen molar-refractivity contribution < 1.29 is 0 Å². The molecule has 5 heteroatoms. The van der Waals surface area contributed by atoms with Crippen molar-refractivity contribution in [3.8, 4) is 0 Å². The van der Waals surface area contributed by atoms with Crippen LogP contribution in [0.5, 0.6) is 0 Å². The molecule has 0 radical (unpaired) electrons. The van der Waals surface area contributed by atoms with Crippen molar-refractivity contribution >= 4 is 23.2 Å². The molecule has 0 bridgehead atoms. The van der Waals surface area contributed by atoms with Gasteiger partial charge in [-0.15, -0.1) is 0 Å². The predicted molar refractivity (Wildman–Crippen MR) is 98.6 cm³/mol. The molecule has 1 aliphatic heterocycles. The molecule has 0 saturated carbocycles. The zero-order valence-corrected chi connectivity index (χ0v) is 13.9. The first-order valence-corrected chi connectivity index (χ1v) is 9.64. The molecule has 0 aromatic heterocycles. The summed E-state index contributed by atoms with van der Waals surface area (Å²) in [6.45, 7) is 0. The maximum atomic E-state index is 4.38. The molecule has 0 fully saturated rings. The van der Waals surface area contributed by atoms with Crippen LogP contribution in [-0.2, 0) is 0 Å². The molecule has 4 nitrogen and oxygen atoms in total. The van der Waals surface area contributed by atoms with Crippen LogP contribution in [0.3, 0.4) is 0 Å². The lowest BCUT2D eigenvalue weighted by molar-refractivity contribution is 0.952. The van der Waals surface area contributed by atoms with E-state index in [1.807, 2.05) is 18.2 Å². The second kappa shape index (κ2) is 6.42. The molecule has 24 heavy (non-hydrogen) atoms. The average Bonchev–Trinajstić information content (AvgIpc) is 3.20. The van der Waals surface area contributed by atoms with Gasteiger partial charge in [0.2, 0.25) is 0 Å². The highest BCUT2D eigenvalue weighted by atomic mass is 31.2. The fourth-order valence-electron chi connectivity index (χ4n) is 3.15. The van der Waals surface area contributed by atoms with Crippen molar-refractivity contribution in [1.82, 2.24) is 0 Å². The first kappa shape index (κ1) is 14.9. The van der Waals surface area contributed by atoms with Gasteiger partial charge in [-0.3, -0.25) is 0 Å². The Morgan fingerprint density at radius 2 is 0.833 bits per heavy atom. The van der Waals surface area contributed by atoms with E-state index in [1.54, 1.807) is 0 Å². The number of nitrogens with zero attached hydrogens (tertiary/aromatic N) is 4. The summed E-state index contributed by atoms with van der Waals surface area (Å²) in [4.78, 5) is 0. The van der Waals surface area contributed by atoms with Gasteiger partial charge in [0.25, 0.3) is 0 Å². The van der Waals surface area contributed by atoms with Gasteiger partial charge in [-0.05, 0) is 46.8 Å². The van der Waals surface area contributed by atoms with Crippen LogP contribution < -0.4 is 15.9 Å². The number of hydrogen-bond acceptors (Lipinski definition) is 4. The minimum Gasteiger partial charge on any atom is -0.0969 e. The number of rotatable bonds is 4. The summed E-state index contributed by atoms with van der Waals surface area (Å²) in [5.74, 6) is -0.315. The van der Waals surface area contributed by atoms with Crippen molar-refractivity contribution in [1.29, 1.82) is 0 Å². The second-order valence-corrected chi connectivity index (χ2v) is 8.94. The van der Waals surface area contributed by atoms with Crippen molar-refractivity contribution in [2.24, 2.45) is 20.7 Å². The normalized spacial score (nSPS) is 14.2. The Morgan fingerprint density at radius 3 is 1.17 bits per heavy atom. The molecule has 1 aliphatic rings. The monoisotopic (exact) mass is 331 g/mol. The molecule has 3 aromatic rings. The molecule has 4 rings (SSSR count). The molecule has 3 aromatic carbocycles. The standard InChI is InChI=1S/C19H16N4P/c1-4-10-16(11-5-1)24(19-20-22-23-21-19,17-12-6-2-7-13-17)18-14-8-3-9-15-18/h1-15,19H/q+1. The van der Waals surface area contributed by atoms with E-state index in [1.165, 1.54) is 15.9 Å². The van der Waals surface area contributed by atoms with E-state index in [4.69, 9.17) is 0 Å². The van der Waals surface area contributed by atoms with Crippen LogP contribution in [0.2, 0.25) is 0 Å². The second-order valence-electron chi connectivity index (χ2n) is 5.49. The molecular weight excluding hydrogens is 315 g/mol. The molecule has 1 heterocycles. The van der Waals surface area contributed by atoms with E-state index >= 15 is 0 Å². The SMILES string of the molecule is c1ccc([P+](c2ccccc2)(c2ccccc2)C2N=NN=N2)cc1. The minimum absolute atomic E-state index is 0.315. The lowest BCUT2D eigenvalue weighted by Crippen LogP contribution is -2.36. The number of hydrogen-bond donors (Lipinski definition) is 0. The van der Waals surface area contributed by atoms with Gasteiger partial charge < -0.3 is 0 Å². The van der Waals surface area contributed by atoms with Gasteiger partial charge >= 0.3 is 5.91 Å². The van der Waals surface area contributed by atoms with E-state index < -0.39 is 7.26 Å². The van der Waals surface area contributed by atoms with E-state index in [-0.39, 0.29) is 5.91 Å². The van der Waals surface area contributed by atoms with E-state index in [2.05, 4.69) is 93.5 Å². The highest BCUT2D eigenvalue weighted by molar-refractivity contribution is 7.96. The van der Waals surface area contributed by atoms with Gasteiger partial charge in [-0.2, -0.15) is 0 Å².